The van der Waals surface area contributed by atoms with Crippen LogP contribution in [-0.4, -0.2) is 37.2 Å². The molecule has 0 aliphatic carbocycles. The van der Waals surface area contributed by atoms with Gasteiger partial charge in [-0.3, -0.25) is 14.4 Å². The van der Waals surface area contributed by atoms with Gasteiger partial charge >= 0.3 is 17.9 Å². The molecule has 404 valence electrons. The summed E-state index contributed by atoms with van der Waals surface area (Å²) in [7, 11) is 0. The molecule has 71 heavy (non-hydrogen) atoms. The molecule has 0 aromatic carbocycles. The highest BCUT2D eigenvalue weighted by Gasteiger charge is 2.19. The lowest BCUT2D eigenvalue weighted by Crippen LogP contribution is -2.30. The Morgan fingerprint density at radius 3 is 0.901 bits per heavy atom. The lowest BCUT2D eigenvalue weighted by atomic mass is 10.0. The van der Waals surface area contributed by atoms with Crippen LogP contribution in [0.2, 0.25) is 0 Å². The van der Waals surface area contributed by atoms with Crippen molar-refractivity contribution in [2.75, 3.05) is 13.2 Å². The maximum atomic E-state index is 12.9. The summed E-state index contributed by atoms with van der Waals surface area (Å²) in [4.78, 5) is 38.2. The molecule has 0 aliphatic heterocycles. The minimum atomic E-state index is -0.826. The lowest BCUT2D eigenvalue weighted by Gasteiger charge is -2.18. The molecule has 6 heteroatoms. The molecule has 0 heterocycles. The molecule has 0 N–H and O–H groups in total. The van der Waals surface area contributed by atoms with E-state index < -0.39 is 6.10 Å². The summed E-state index contributed by atoms with van der Waals surface area (Å²) in [6.45, 7) is 6.50. The average Bonchev–Trinajstić information content (AvgIpc) is 3.37. The van der Waals surface area contributed by atoms with Gasteiger partial charge < -0.3 is 14.2 Å². The van der Waals surface area contributed by atoms with Crippen molar-refractivity contribution in [3.63, 3.8) is 0 Å². The standard InChI is InChI=1S/C65H108O6/c1-4-7-10-13-16-19-22-25-28-30-32-34-37-40-43-46-49-52-55-58-64(67)70-61-62(60-69-63(66)57-54-51-48-45-42-39-36-27-24-21-18-15-12-9-6-3)71-65(68)59-56-53-50-47-44-41-38-35-33-31-29-26-23-20-17-14-11-8-5-2/h16-17,19-20,25-26,28-29,32-35,40-41,43-44,49,52,62H,4-15,18,21-24,27,30-31,36-39,42,45-48,50-51,53-61H2,1-3H3/b19-16-,20-17-,28-25-,29-26-,34-32-,35-33-,43-40-,44-41-,52-49-/t62-/m0/s1. The van der Waals surface area contributed by atoms with Crippen molar-refractivity contribution in [1.29, 1.82) is 0 Å². The number of hydrogen-bond donors (Lipinski definition) is 0. The van der Waals surface area contributed by atoms with Crippen LogP contribution in [0.3, 0.4) is 0 Å². The highest BCUT2D eigenvalue weighted by atomic mass is 16.6. The Morgan fingerprint density at radius 2 is 0.535 bits per heavy atom. The Labute approximate surface area is 438 Å². The minimum Gasteiger partial charge on any atom is -0.462 e. The molecule has 0 fully saturated rings. The van der Waals surface area contributed by atoms with Gasteiger partial charge in [0, 0.05) is 19.3 Å². The summed E-state index contributed by atoms with van der Waals surface area (Å²) in [5.41, 5.74) is 0. The molecule has 0 aromatic heterocycles. The van der Waals surface area contributed by atoms with Gasteiger partial charge in [-0.2, -0.15) is 0 Å². The van der Waals surface area contributed by atoms with E-state index in [9.17, 15) is 14.4 Å². The summed E-state index contributed by atoms with van der Waals surface area (Å²) < 4.78 is 16.8. The third-order valence-electron chi connectivity index (χ3n) is 12.3. The molecule has 0 rings (SSSR count). The van der Waals surface area contributed by atoms with Crippen LogP contribution in [0.5, 0.6) is 0 Å². The van der Waals surface area contributed by atoms with Gasteiger partial charge in [-0.05, 0) is 103 Å². The van der Waals surface area contributed by atoms with Crippen molar-refractivity contribution in [3.05, 3.63) is 109 Å². The van der Waals surface area contributed by atoms with Crippen LogP contribution in [0, 0.1) is 0 Å². The van der Waals surface area contributed by atoms with Gasteiger partial charge in [0.2, 0.25) is 0 Å². The van der Waals surface area contributed by atoms with E-state index in [4.69, 9.17) is 14.2 Å². The van der Waals surface area contributed by atoms with E-state index in [1.54, 1.807) is 0 Å². The fourth-order valence-electron chi connectivity index (χ4n) is 7.82. The van der Waals surface area contributed by atoms with E-state index in [-0.39, 0.29) is 44.0 Å². The molecule has 0 saturated heterocycles. The predicted molar refractivity (Wildman–Crippen MR) is 307 cm³/mol. The summed E-state index contributed by atoms with van der Waals surface area (Å²) in [5.74, 6) is -1.03. The van der Waals surface area contributed by atoms with Crippen LogP contribution >= 0.6 is 0 Å². The van der Waals surface area contributed by atoms with Gasteiger partial charge in [0.05, 0.1) is 0 Å². The first-order valence-corrected chi connectivity index (χ1v) is 29.4. The van der Waals surface area contributed by atoms with Gasteiger partial charge in [-0.15, -0.1) is 0 Å². The molecule has 0 unspecified atom stereocenters. The number of rotatable bonds is 52. The van der Waals surface area contributed by atoms with E-state index in [2.05, 4.69) is 124 Å². The first kappa shape index (κ1) is 67.1. The maximum Gasteiger partial charge on any atom is 0.306 e. The SMILES string of the molecule is CCCCC/C=C\C/C=C\C/C=C\C/C=C\C/C=C\CCC(=O)OC[C@H](COC(=O)CCCCCCCCCCCCCCCCC)OC(=O)CCCCC/C=C\C/C=C\C/C=C\C/C=C\CCCCC. The van der Waals surface area contributed by atoms with E-state index >= 15 is 0 Å². The zero-order chi connectivity index (χ0) is 51.4. The molecule has 0 aliphatic rings. The molecular formula is C65H108O6. The second-order valence-corrected chi connectivity index (χ2v) is 19.2. The van der Waals surface area contributed by atoms with Crippen LogP contribution in [0.1, 0.15) is 265 Å². The first-order chi connectivity index (χ1) is 35.0. The zero-order valence-corrected chi connectivity index (χ0v) is 46.2. The second kappa shape index (κ2) is 58.6. The van der Waals surface area contributed by atoms with Crippen molar-refractivity contribution < 1.29 is 28.6 Å². The van der Waals surface area contributed by atoms with Crippen LogP contribution in [0.4, 0.5) is 0 Å². The number of carbonyl (C=O) groups is 3. The molecule has 1 atom stereocenters. The average molecular weight is 986 g/mol. The Balaban J connectivity index is 4.56. The van der Waals surface area contributed by atoms with Crippen LogP contribution < -0.4 is 0 Å². The highest BCUT2D eigenvalue weighted by Crippen LogP contribution is 2.15. The Hall–Kier alpha value is -3.93. The third-order valence-corrected chi connectivity index (χ3v) is 12.3. The van der Waals surface area contributed by atoms with Crippen molar-refractivity contribution in [3.8, 4) is 0 Å². The smallest absolute Gasteiger partial charge is 0.306 e. The van der Waals surface area contributed by atoms with E-state index in [1.165, 1.54) is 128 Å². The van der Waals surface area contributed by atoms with Gasteiger partial charge in [0.1, 0.15) is 13.2 Å². The van der Waals surface area contributed by atoms with Gasteiger partial charge in [-0.1, -0.05) is 252 Å². The molecule has 0 saturated carbocycles. The number of ether oxygens (including phenoxy) is 3. The number of hydrogen-bond acceptors (Lipinski definition) is 6. The molecule has 0 aromatic rings. The van der Waals surface area contributed by atoms with Crippen LogP contribution in [-0.2, 0) is 28.6 Å². The number of carbonyl (C=O) groups excluding carboxylic acids is 3. The van der Waals surface area contributed by atoms with Gasteiger partial charge in [-0.25, -0.2) is 0 Å². The quantitative estimate of drug-likeness (QED) is 0.0261. The fraction of sp³-hybridized carbons (Fsp3) is 0.677. The van der Waals surface area contributed by atoms with Gasteiger partial charge in [0.15, 0.2) is 6.10 Å². The largest absolute Gasteiger partial charge is 0.462 e. The molecule has 0 amide bonds. The molecular weight excluding hydrogens is 877 g/mol. The predicted octanol–water partition coefficient (Wildman–Crippen LogP) is 19.9. The first-order valence-electron chi connectivity index (χ1n) is 29.4. The summed E-state index contributed by atoms with van der Waals surface area (Å²) in [6, 6.07) is 0. The summed E-state index contributed by atoms with van der Waals surface area (Å²) in [5, 5.41) is 0. The normalized spacial score (nSPS) is 12.9. The van der Waals surface area contributed by atoms with Crippen molar-refractivity contribution in [2.45, 2.75) is 271 Å². The van der Waals surface area contributed by atoms with E-state index in [0.717, 1.165) is 83.5 Å². The summed E-state index contributed by atoms with van der Waals surface area (Å²) >= 11 is 0. The molecule has 6 nitrogen and oxygen atoms in total. The zero-order valence-electron chi connectivity index (χ0n) is 46.2. The lowest BCUT2D eigenvalue weighted by molar-refractivity contribution is -0.166. The van der Waals surface area contributed by atoms with E-state index in [0.29, 0.717) is 19.3 Å². The van der Waals surface area contributed by atoms with Crippen molar-refractivity contribution >= 4 is 17.9 Å². The minimum absolute atomic E-state index is 0.113. The van der Waals surface area contributed by atoms with Gasteiger partial charge in [0.25, 0.3) is 0 Å². The fourth-order valence-corrected chi connectivity index (χ4v) is 7.82. The van der Waals surface area contributed by atoms with Crippen LogP contribution in [0.25, 0.3) is 0 Å². The molecule has 0 spiro atoms. The van der Waals surface area contributed by atoms with Crippen molar-refractivity contribution in [1.82, 2.24) is 0 Å². The Morgan fingerprint density at radius 1 is 0.282 bits per heavy atom. The molecule has 0 bridgehead atoms. The highest BCUT2D eigenvalue weighted by molar-refractivity contribution is 5.71. The Kier molecular flexibility index (Phi) is 55.4. The maximum absolute atomic E-state index is 12.9. The topological polar surface area (TPSA) is 78.9 Å². The summed E-state index contributed by atoms with van der Waals surface area (Å²) in [6.07, 6.45) is 79.4. The second-order valence-electron chi connectivity index (χ2n) is 19.2. The monoisotopic (exact) mass is 985 g/mol. The van der Waals surface area contributed by atoms with E-state index in [1.807, 2.05) is 6.08 Å². The molecule has 0 radical (unpaired) electrons. The van der Waals surface area contributed by atoms with Crippen molar-refractivity contribution in [2.24, 2.45) is 0 Å². The Bertz CT molecular complexity index is 1460. The number of allylic oxidation sites excluding steroid dienone is 18. The number of unbranched alkanes of at least 4 members (excludes halogenated alkanes) is 23. The third kappa shape index (κ3) is 56.9. The number of esters is 3. The van der Waals surface area contributed by atoms with Crippen LogP contribution in [0.15, 0.2) is 109 Å².